The average Bonchev–Trinajstić information content (AvgIpc) is 2.55. The van der Waals surface area contributed by atoms with Crippen LogP contribution in [-0.2, 0) is 0 Å². The summed E-state index contributed by atoms with van der Waals surface area (Å²) < 4.78 is 0. The standard InChI is InChI=1S/C16H18N4O2/c1-13-15(20(21)22)7-8-16(17-13)19-11-9-18(10-12-19)14-5-3-2-4-6-14/h2-8H,9-12H2,1H3. The molecule has 0 amide bonds. The van der Waals surface area contributed by atoms with Crippen LogP contribution in [0.15, 0.2) is 42.5 Å². The Morgan fingerprint density at radius 1 is 1.00 bits per heavy atom. The highest BCUT2D eigenvalue weighted by molar-refractivity contribution is 5.51. The van der Waals surface area contributed by atoms with Crippen molar-refractivity contribution in [2.75, 3.05) is 36.0 Å². The zero-order chi connectivity index (χ0) is 15.5. The maximum Gasteiger partial charge on any atom is 0.290 e. The van der Waals surface area contributed by atoms with Gasteiger partial charge in [0.15, 0.2) is 0 Å². The number of pyridine rings is 1. The molecule has 0 atom stereocenters. The van der Waals surface area contributed by atoms with Crippen LogP contribution in [0.2, 0.25) is 0 Å². The third kappa shape index (κ3) is 2.86. The van der Waals surface area contributed by atoms with Crippen molar-refractivity contribution in [3.63, 3.8) is 0 Å². The van der Waals surface area contributed by atoms with Gasteiger partial charge in [0.1, 0.15) is 11.5 Å². The van der Waals surface area contributed by atoms with Crippen molar-refractivity contribution in [3.8, 4) is 0 Å². The molecule has 0 unspecified atom stereocenters. The Balaban J connectivity index is 1.69. The molecule has 1 saturated heterocycles. The number of benzene rings is 1. The predicted octanol–water partition coefficient (Wildman–Crippen LogP) is 2.62. The van der Waals surface area contributed by atoms with Crippen molar-refractivity contribution in [3.05, 3.63) is 58.3 Å². The van der Waals surface area contributed by atoms with E-state index in [2.05, 4.69) is 26.9 Å². The summed E-state index contributed by atoms with van der Waals surface area (Å²) in [4.78, 5) is 19.4. The highest BCUT2D eigenvalue weighted by Crippen LogP contribution is 2.22. The van der Waals surface area contributed by atoms with Crippen LogP contribution < -0.4 is 9.80 Å². The molecule has 6 nitrogen and oxygen atoms in total. The van der Waals surface area contributed by atoms with Gasteiger partial charge in [-0.25, -0.2) is 4.98 Å². The number of para-hydroxylation sites is 1. The molecule has 1 aliphatic rings. The fourth-order valence-corrected chi connectivity index (χ4v) is 2.74. The van der Waals surface area contributed by atoms with E-state index in [1.165, 1.54) is 5.69 Å². The number of piperazine rings is 1. The molecular weight excluding hydrogens is 280 g/mol. The number of anilines is 2. The van der Waals surface area contributed by atoms with Gasteiger partial charge in [-0.2, -0.15) is 0 Å². The van der Waals surface area contributed by atoms with Crippen LogP contribution in [0.25, 0.3) is 0 Å². The molecule has 114 valence electrons. The summed E-state index contributed by atoms with van der Waals surface area (Å²) in [7, 11) is 0. The van der Waals surface area contributed by atoms with Gasteiger partial charge in [-0.05, 0) is 25.1 Å². The van der Waals surface area contributed by atoms with Gasteiger partial charge in [0.25, 0.3) is 5.69 Å². The van der Waals surface area contributed by atoms with Gasteiger partial charge in [0.05, 0.1) is 4.92 Å². The van der Waals surface area contributed by atoms with E-state index in [-0.39, 0.29) is 10.6 Å². The van der Waals surface area contributed by atoms with Crippen molar-refractivity contribution < 1.29 is 4.92 Å². The Bertz CT molecular complexity index is 667. The molecule has 0 radical (unpaired) electrons. The lowest BCUT2D eigenvalue weighted by atomic mass is 10.2. The number of aryl methyl sites for hydroxylation is 1. The monoisotopic (exact) mass is 298 g/mol. The molecule has 6 heteroatoms. The van der Waals surface area contributed by atoms with E-state index in [0.717, 1.165) is 32.0 Å². The second-order valence-electron chi connectivity index (χ2n) is 5.34. The van der Waals surface area contributed by atoms with Crippen molar-refractivity contribution >= 4 is 17.2 Å². The molecule has 2 heterocycles. The molecule has 0 aliphatic carbocycles. The zero-order valence-electron chi connectivity index (χ0n) is 12.5. The molecule has 1 aromatic carbocycles. The van der Waals surface area contributed by atoms with E-state index < -0.39 is 0 Å². The maximum atomic E-state index is 10.9. The van der Waals surface area contributed by atoms with Gasteiger partial charge in [-0.1, -0.05) is 18.2 Å². The summed E-state index contributed by atoms with van der Waals surface area (Å²) in [5.74, 6) is 0.816. The molecule has 1 fully saturated rings. The van der Waals surface area contributed by atoms with E-state index in [1.807, 2.05) is 18.2 Å². The molecule has 3 rings (SSSR count). The Morgan fingerprint density at radius 3 is 2.23 bits per heavy atom. The van der Waals surface area contributed by atoms with Crippen LogP contribution in [0.5, 0.6) is 0 Å². The number of aromatic nitrogens is 1. The summed E-state index contributed by atoms with van der Waals surface area (Å²) in [5.41, 5.74) is 1.77. The summed E-state index contributed by atoms with van der Waals surface area (Å²) in [6.45, 7) is 5.24. The fraction of sp³-hybridized carbons (Fsp3) is 0.312. The van der Waals surface area contributed by atoms with Gasteiger partial charge in [0, 0.05) is 37.9 Å². The topological polar surface area (TPSA) is 62.5 Å². The van der Waals surface area contributed by atoms with E-state index in [1.54, 1.807) is 19.1 Å². The molecule has 0 N–H and O–H groups in total. The Kier molecular flexibility index (Phi) is 3.91. The van der Waals surface area contributed by atoms with E-state index in [4.69, 9.17) is 0 Å². The highest BCUT2D eigenvalue weighted by atomic mass is 16.6. The highest BCUT2D eigenvalue weighted by Gasteiger charge is 2.20. The minimum Gasteiger partial charge on any atom is -0.368 e. The van der Waals surface area contributed by atoms with E-state index in [9.17, 15) is 10.1 Å². The number of nitro groups is 1. The summed E-state index contributed by atoms with van der Waals surface area (Å²) in [6.07, 6.45) is 0. The lowest BCUT2D eigenvalue weighted by Crippen LogP contribution is -2.46. The van der Waals surface area contributed by atoms with Crippen LogP contribution in [0, 0.1) is 17.0 Å². The van der Waals surface area contributed by atoms with Gasteiger partial charge in [-0.15, -0.1) is 0 Å². The molecule has 1 aliphatic heterocycles. The number of nitrogens with zero attached hydrogens (tertiary/aromatic N) is 4. The normalized spacial score (nSPS) is 15.0. The first-order valence-corrected chi connectivity index (χ1v) is 7.32. The summed E-state index contributed by atoms with van der Waals surface area (Å²) in [5, 5.41) is 10.9. The molecule has 0 bridgehead atoms. The van der Waals surface area contributed by atoms with Gasteiger partial charge >= 0.3 is 0 Å². The number of hydrogen-bond donors (Lipinski definition) is 0. The van der Waals surface area contributed by atoms with Crippen LogP contribution in [0.4, 0.5) is 17.2 Å². The van der Waals surface area contributed by atoms with Crippen LogP contribution >= 0.6 is 0 Å². The zero-order valence-corrected chi connectivity index (χ0v) is 12.5. The molecular formula is C16H18N4O2. The summed E-state index contributed by atoms with van der Waals surface area (Å²) >= 11 is 0. The van der Waals surface area contributed by atoms with E-state index in [0.29, 0.717) is 5.69 Å². The molecule has 22 heavy (non-hydrogen) atoms. The Hall–Kier alpha value is -2.63. The SMILES string of the molecule is Cc1nc(N2CCN(c3ccccc3)CC2)ccc1[N+](=O)[O-]. The molecule has 1 aromatic heterocycles. The van der Waals surface area contributed by atoms with Crippen LogP contribution in [-0.4, -0.2) is 36.1 Å². The minimum atomic E-state index is -0.389. The van der Waals surface area contributed by atoms with Gasteiger partial charge < -0.3 is 9.80 Å². The second kappa shape index (κ2) is 6.01. The third-order valence-corrected chi connectivity index (χ3v) is 3.96. The first-order chi connectivity index (χ1) is 10.6. The lowest BCUT2D eigenvalue weighted by Gasteiger charge is -2.36. The quantitative estimate of drug-likeness (QED) is 0.644. The van der Waals surface area contributed by atoms with Crippen LogP contribution in [0.3, 0.4) is 0 Å². The van der Waals surface area contributed by atoms with Crippen LogP contribution in [0.1, 0.15) is 5.69 Å². The third-order valence-electron chi connectivity index (χ3n) is 3.96. The van der Waals surface area contributed by atoms with Crippen molar-refractivity contribution in [1.29, 1.82) is 0 Å². The first-order valence-electron chi connectivity index (χ1n) is 7.32. The first kappa shape index (κ1) is 14.3. The van der Waals surface area contributed by atoms with Gasteiger partial charge in [-0.3, -0.25) is 10.1 Å². The van der Waals surface area contributed by atoms with Crippen molar-refractivity contribution in [1.82, 2.24) is 4.98 Å². The fourth-order valence-electron chi connectivity index (χ4n) is 2.74. The minimum absolute atomic E-state index is 0.0756. The maximum absolute atomic E-state index is 10.9. The number of hydrogen-bond acceptors (Lipinski definition) is 5. The Labute approximate surface area is 129 Å². The van der Waals surface area contributed by atoms with E-state index >= 15 is 0 Å². The smallest absolute Gasteiger partial charge is 0.290 e. The second-order valence-corrected chi connectivity index (χ2v) is 5.34. The summed E-state index contributed by atoms with van der Waals surface area (Å²) in [6, 6.07) is 13.6. The molecule has 0 spiro atoms. The van der Waals surface area contributed by atoms with Gasteiger partial charge in [0.2, 0.25) is 0 Å². The predicted molar refractivity (Wildman–Crippen MR) is 86.5 cm³/mol. The molecule has 0 saturated carbocycles. The average molecular weight is 298 g/mol. The largest absolute Gasteiger partial charge is 0.368 e. The van der Waals surface area contributed by atoms with Crippen molar-refractivity contribution in [2.24, 2.45) is 0 Å². The number of rotatable bonds is 3. The van der Waals surface area contributed by atoms with Crippen molar-refractivity contribution in [2.45, 2.75) is 6.92 Å². The Morgan fingerprint density at radius 2 is 1.64 bits per heavy atom. The molecule has 2 aromatic rings. The lowest BCUT2D eigenvalue weighted by molar-refractivity contribution is -0.385.